The molecule has 0 aromatic carbocycles. The molecule has 0 saturated carbocycles. The van der Waals surface area contributed by atoms with E-state index in [9.17, 15) is 0 Å². The zero-order valence-electron chi connectivity index (χ0n) is 6.55. The second kappa shape index (κ2) is 3.94. The predicted molar refractivity (Wildman–Crippen MR) is 39.8 cm³/mol. The highest BCUT2D eigenvalue weighted by molar-refractivity contribution is 4.68. The Morgan fingerprint density at radius 2 is 2.30 bits per heavy atom. The Morgan fingerprint density at radius 3 is 2.70 bits per heavy atom. The smallest absolute Gasteiger partial charge is 0.0806 e. The molecule has 0 aliphatic carbocycles. The Kier molecular flexibility index (Phi) is 3.16. The third-order valence-corrected chi connectivity index (χ3v) is 2.25. The number of hydrogen-bond acceptors (Lipinski definition) is 2. The Morgan fingerprint density at radius 1 is 1.50 bits per heavy atom. The Balaban J connectivity index is 2.17. The van der Waals surface area contributed by atoms with Gasteiger partial charge in [-0.05, 0) is 18.8 Å². The quantitative estimate of drug-likeness (QED) is 0.630. The third kappa shape index (κ3) is 1.96. The fourth-order valence-electron chi connectivity index (χ4n) is 1.33. The molecule has 0 spiro atoms. The van der Waals surface area contributed by atoms with Crippen molar-refractivity contribution >= 4 is 0 Å². The summed E-state index contributed by atoms with van der Waals surface area (Å²) < 4.78 is 5.38. The summed E-state index contributed by atoms with van der Waals surface area (Å²) in [4.78, 5) is 0. The van der Waals surface area contributed by atoms with E-state index in [1.165, 1.54) is 12.8 Å². The van der Waals surface area contributed by atoms with E-state index in [1.807, 2.05) is 0 Å². The molecule has 1 aliphatic heterocycles. The fourth-order valence-corrected chi connectivity index (χ4v) is 1.33. The SMILES string of the molecule is CCC1CC[C@@H](CO)OC1. The van der Waals surface area contributed by atoms with E-state index in [0.717, 1.165) is 18.9 Å². The minimum absolute atomic E-state index is 0.128. The van der Waals surface area contributed by atoms with E-state index in [-0.39, 0.29) is 12.7 Å². The van der Waals surface area contributed by atoms with Gasteiger partial charge >= 0.3 is 0 Å². The van der Waals surface area contributed by atoms with Crippen LogP contribution >= 0.6 is 0 Å². The van der Waals surface area contributed by atoms with Gasteiger partial charge in [-0.15, -0.1) is 0 Å². The number of aliphatic hydroxyl groups excluding tert-OH is 1. The van der Waals surface area contributed by atoms with Crippen molar-refractivity contribution in [2.75, 3.05) is 13.2 Å². The molecule has 60 valence electrons. The lowest BCUT2D eigenvalue weighted by atomic mass is 9.97. The first-order chi connectivity index (χ1) is 4.86. The van der Waals surface area contributed by atoms with Crippen LogP contribution in [-0.2, 0) is 4.74 Å². The molecule has 1 saturated heterocycles. The number of ether oxygens (including phenoxy) is 1. The first-order valence-corrected chi connectivity index (χ1v) is 4.09. The molecule has 0 aromatic rings. The molecule has 1 N–H and O–H groups in total. The van der Waals surface area contributed by atoms with Gasteiger partial charge in [-0.1, -0.05) is 13.3 Å². The first-order valence-electron chi connectivity index (χ1n) is 4.09. The molecule has 2 atom stereocenters. The molecule has 0 radical (unpaired) electrons. The van der Waals surface area contributed by atoms with Gasteiger partial charge in [0.2, 0.25) is 0 Å². The normalized spacial score (nSPS) is 34.2. The van der Waals surface area contributed by atoms with Gasteiger partial charge in [0.15, 0.2) is 0 Å². The maximum Gasteiger partial charge on any atom is 0.0806 e. The van der Waals surface area contributed by atoms with Crippen LogP contribution in [0.15, 0.2) is 0 Å². The van der Waals surface area contributed by atoms with Crippen molar-refractivity contribution in [2.24, 2.45) is 5.92 Å². The van der Waals surface area contributed by atoms with Gasteiger partial charge in [-0.3, -0.25) is 0 Å². The summed E-state index contributed by atoms with van der Waals surface area (Å²) >= 11 is 0. The van der Waals surface area contributed by atoms with Gasteiger partial charge in [-0.2, -0.15) is 0 Å². The van der Waals surface area contributed by atoms with Gasteiger partial charge in [0.05, 0.1) is 12.7 Å². The third-order valence-electron chi connectivity index (χ3n) is 2.25. The average molecular weight is 144 g/mol. The highest BCUT2D eigenvalue weighted by Gasteiger charge is 2.18. The molecule has 0 aromatic heterocycles. The lowest BCUT2D eigenvalue weighted by molar-refractivity contribution is -0.0431. The molecular formula is C8H16O2. The zero-order chi connectivity index (χ0) is 7.40. The molecule has 2 nitrogen and oxygen atoms in total. The van der Waals surface area contributed by atoms with Crippen molar-refractivity contribution in [2.45, 2.75) is 32.3 Å². The van der Waals surface area contributed by atoms with E-state index in [2.05, 4.69) is 6.92 Å². The Hall–Kier alpha value is -0.0800. The van der Waals surface area contributed by atoms with E-state index in [0.29, 0.717) is 0 Å². The first kappa shape index (κ1) is 8.02. The standard InChI is InChI=1S/C8H16O2/c1-2-7-3-4-8(5-9)10-6-7/h7-9H,2-6H2,1H3/t7?,8-/m0/s1. The van der Waals surface area contributed by atoms with Crippen LogP contribution in [0, 0.1) is 5.92 Å². The molecule has 1 heterocycles. The fraction of sp³-hybridized carbons (Fsp3) is 1.00. The molecule has 1 aliphatic rings. The van der Waals surface area contributed by atoms with Crippen molar-refractivity contribution in [3.05, 3.63) is 0 Å². The Labute approximate surface area is 62.2 Å². The highest BCUT2D eigenvalue weighted by Crippen LogP contribution is 2.20. The number of rotatable bonds is 2. The summed E-state index contributed by atoms with van der Waals surface area (Å²) in [6.45, 7) is 3.23. The van der Waals surface area contributed by atoms with Gasteiger partial charge in [-0.25, -0.2) is 0 Å². The second-order valence-corrected chi connectivity index (χ2v) is 2.99. The maximum atomic E-state index is 8.72. The van der Waals surface area contributed by atoms with Gasteiger partial charge in [0.25, 0.3) is 0 Å². The molecule has 1 rings (SSSR count). The highest BCUT2D eigenvalue weighted by atomic mass is 16.5. The van der Waals surface area contributed by atoms with Crippen LogP contribution in [0.25, 0.3) is 0 Å². The molecule has 10 heavy (non-hydrogen) atoms. The molecule has 0 bridgehead atoms. The summed E-state index contributed by atoms with van der Waals surface area (Å²) in [7, 11) is 0. The van der Waals surface area contributed by atoms with Crippen LogP contribution in [0.1, 0.15) is 26.2 Å². The topological polar surface area (TPSA) is 29.5 Å². The van der Waals surface area contributed by atoms with E-state index >= 15 is 0 Å². The second-order valence-electron chi connectivity index (χ2n) is 2.99. The van der Waals surface area contributed by atoms with Crippen LogP contribution in [0.4, 0.5) is 0 Å². The molecule has 1 unspecified atom stereocenters. The van der Waals surface area contributed by atoms with Crippen LogP contribution in [0.3, 0.4) is 0 Å². The maximum absolute atomic E-state index is 8.72. The van der Waals surface area contributed by atoms with Crippen molar-refractivity contribution in [3.63, 3.8) is 0 Å². The van der Waals surface area contributed by atoms with Crippen molar-refractivity contribution in [3.8, 4) is 0 Å². The minimum Gasteiger partial charge on any atom is -0.394 e. The van der Waals surface area contributed by atoms with Crippen molar-refractivity contribution in [1.82, 2.24) is 0 Å². The summed E-state index contributed by atoms with van der Waals surface area (Å²) in [5, 5.41) is 8.72. The number of hydrogen-bond donors (Lipinski definition) is 1. The summed E-state index contributed by atoms with van der Waals surface area (Å²) in [6, 6.07) is 0. The van der Waals surface area contributed by atoms with Crippen LogP contribution < -0.4 is 0 Å². The van der Waals surface area contributed by atoms with E-state index < -0.39 is 0 Å². The predicted octanol–water partition coefficient (Wildman–Crippen LogP) is 1.18. The minimum atomic E-state index is 0.128. The molecule has 0 amide bonds. The molecule has 2 heteroatoms. The summed E-state index contributed by atoms with van der Waals surface area (Å²) in [5.41, 5.74) is 0. The van der Waals surface area contributed by atoms with Gasteiger partial charge in [0.1, 0.15) is 0 Å². The molecular weight excluding hydrogens is 128 g/mol. The van der Waals surface area contributed by atoms with Crippen molar-refractivity contribution in [1.29, 1.82) is 0 Å². The van der Waals surface area contributed by atoms with Gasteiger partial charge < -0.3 is 9.84 Å². The lowest BCUT2D eigenvalue weighted by Crippen LogP contribution is -2.27. The van der Waals surface area contributed by atoms with E-state index in [4.69, 9.17) is 9.84 Å². The zero-order valence-corrected chi connectivity index (χ0v) is 6.55. The largest absolute Gasteiger partial charge is 0.394 e. The Bertz CT molecular complexity index is 73.3. The van der Waals surface area contributed by atoms with Gasteiger partial charge in [0, 0.05) is 6.61 Å². The van der Waals surface area contributed by atoms with Crippen LogP contribution in [0.2, 0.25) is 0 Å². The average Bonchev–Trinajstić information content (AvgIpc) is 2.05. The van der Waals surface area contributed by atoms with E-state index in [1.54, 1.807) is 0 Å². The summed E-state index contributed by atoms with van der Waals surface area (Å²) in [6.07, 6.45) is 3.59. The number of aliphatic hydroxyl groups is 1. The summed E-state index contributed by atoms with van der Waals surface area (Å²) in [5.74, 6) is 0.739. The monoisotopic (exact) mass is 144 g/mol. The van der Waals surface area contributed by atoms with Crippen molar-refractivity contribution < 1.29 is 9.84 Å². The molecule has 1 fully saturated rings. The lowest BCUT2D eigenvalue weighted by Gasteiger charge is -2.26. The van der Waals surface area contributed by atoms with Crippen LogP contribution in [0.5, 0.6) is 0 Å². The van der Waals surface area contributed by atoms with Crippen LogP contribution in [-0.4, -0.2) is 24.4 Å².